The number of hydrogen-bond donors (Lipinski definition) is 4. The molecule has 0 spiro atoms. The highest BCUT2D eigenvalue weighted by Crippen LogP contribution is 2.24. The molecule has 2 rings (SSSR count). The highest BCUT2D eigenvalue weighted by molar-refractivity contribution is 5.75. The summed E-state index contributed by atoms with van der Waals surface area (Å²) in [7, 11) is 0. The Hall–Kier alpha value is -2.08. The van der Waals surface area contributed by atoms with Gasteiger partial charge in [-0.3, -0.25) is 4.79 Å². The van der Waals surface area contributed by atoms with Crippen molar-refractivity contribution in [2.75, 3.05) is 0 Å². The predicted octanol–water partition coefficient (Wildman–Crippen LogP) is 2.83. The van der Waals surface area contributed by atoms with Gasteiger partial charge in [0, 0.05) is 6.04 Å². The Morgan fingerprint density at radius 2 is 1.80 bits per heavy atom. The van der Waals surface area contributed by atoms with Gasteiger partial charge in [0.2, 0.25) is 0 Å². The minimum atomic E-state index is -0.755. The molecule has 1 aromatic rings. The minimum Gasteiger partial charge on any atom is -0.481 e. The lowest BCUT2D eigenvalue weighted by Crippen LogP contribution is -2.49. The molecule has 1 fully saturated rings. The zero-order valence-electron chi connectivity index (χ0n) is 14.6. The van der Waals surface area contributed by atoms with Crippen molar-refractivity contribution >= 4 is 12.0 Å². The van der Waals surface area contributed by atoms with Gasteiger partial charge in [0.1, 0.15) is 0 Å². The van der Waals surface area contributed by atoms with Gasteiger partial charge in [-0.2, -0.15) is 0 Å². The number of benzene rings is 1. The highest BCUT2D eigenvalue weighted by atomic mass is 16.4. The maximum Gasteiger partial charge on any atom is 0.315 e. The molecular weight excluding hydrogens is 320 g/mol. The summed E-state index contributed by atoms with van der Waals surface area (Å²) in [6.45, 7) is 2.01. The van der Waals surface area contributed by atoms with E-state index >= 15 is 0 Å². The number of carboxylic acid groups (broad SMARTS) is 1. The van der Waals surface area contributed by atoms with Crippen LogP contribution < -0.4 is 10.6 Å². The van der Waals surface area contributed by atoms with Crippen molar-refractivity contribution in [2.24, 2.45) is 5.92 Å². The van der Waals surface area contributed by atoms with Gasteiger partial charge in [-0.25, -0.2) is 4.79 Å². The van der Waals surface area contributed by atoms with Crippen LogP contribution in [0.25, 0.3) is 0 Å². The first-order chi connectivity index (χ1) is 12.0. The molecule has 0 bridgehead atoms. The zero-order valence-corrected chi connectivity index (χ0v) is 14.6. The Morgan fingerprint density at radius 3 is 2.36 bits per heavy atom. The van der Waals surface area contributed by atoms with E-state index in [-0.39, 0.29) is 24.0 Å². The van der Waals surface area contributed by atoms with Gasteiger partial charge < -0.3 is 20.8 Å². The van der Waals surface area contributed by atoms with Crippen LogP contribution in [0.5, 0.6) is 0 Å². The molecule has 0 aliphatic heterocycles. The van der Waals surface area contributed by atoms with E-state index in [4.69, 9.17) is 5.11 Å². The number of carboxylic acids is 1. The van der Waals surface area contributed by atoms with E-state index in [1.807, 2.05) is 37.3 Å². The third-order valence-electron chi connectivity index (χ3n) is 4.85. The van der Waals surface area contributed by atoms with E-state index in [0.717, 1.165) is 12.0 Å². The Bertz CT molecular complexity index is 556. The van der Waals surface area contributed by atoms with Crippen molar-refractivity contribution in [1.82, 2.24) is 10.6 Å². The summed E-state index contributed by atoms with van der Waals surface area (Å²) in [5, 5.41) is 25.4. The van der Waals surface area contributed by atoms with Crippen LogP contribution in [-0.4, -0.2) is 34.3 Å². The van der Waals surface area contributed by atoms with Gasteiger partial charge in [0.05, 0.1) is 18.1 Å². The van der Waals surface area contributed by atoms with Gasteiger partial charge in [0.15, 0.2) is 0 Å². The second-order valence-corrected chi connectivity index (χ2v) is 6.76. The first kappa shape index (κ1) is 19.2. The number of rotatable bonds is 7. The van der Waals surface area contributed by atoms with Crippen LogP contribution in [0.4, 0.5) is 4.79 Å². The van der Waals surface area contributed by atoms with Crippen LogP contribution in [0, 0.1) is 5.92 Å². The molecule has 2 amide bonds. The molecule has 4 N–H and O–H groups in total. The SMILES string of the molecule is CCCC(NC(=O)NC1CCC(C(=O)O)CC1)C(O)c1ccccc1. The molecule has 6 heteroatoms. The van der Waals surface area contributed by atoms with E-state index in [0.29, 0.717) is 32.1 Å². The number of urea groups is 1. The van der Waals surface area contributed by atoms with E-state index < -0.39 is 12.1 Å². The van der Waals surface area contributed by atoms with E-state index in [2.05, 4.69) is 10.6 Å². The molecule has 0 radical (unpaired) electrons. The zero-order chi connectivity index (χ0) is 18.2. The molecule has 1 saturated carbocycles. The van der Waals surface area contributed by atoms with Gasteiger partial charge in [-0.05, 0) is 37.7 Å². The third-order valence-corrected chi connectivity index (χ3v) is 4.85. The van der Waals surface area contributed by atoms with Crippen LogP contribution in [0.1, 0.15) is 57.1 Å². The molecule has 25 heavy (non-hydrogen) atoms. The van der Waals surface area contributed by atoms with Gasteiger partial charge >= 0.3 is 12.0 Å². The molecular formula is C19H28N2O4. The highest BCUT2D eigenvalue weighted by Gasteiger charge is 2.28. The van der Waals surface area contributed by atoms with E-state index in [1.54, 1.807) is 0 Å². The average Bonchev–Trinajstić information content (AvgIpc) is 2.62. The lowest BCUT2D eigenvalue weighted by Gasteiger charge is -2.29. The Kier molecular flexibility index (Phi) is 7.25. The number of amides is 2. The summed E-state index contributed by atoms with van der Waals surface area (Å²) in [6, 6.07) is 8.64. The minimum absolute atomic E-state index is 0.00764. The van der Waals surface area contributed by atoms with Crippen LogP contribution in [0.15, 0.2) is 30.3 Å². The summed E-state index contributed by atoms with van der Waals surface area (Å²) in [5.74, 6) is -1.05. The number of hydrogen-bond acceptors (Lipinski definition) is 3. The third kappa shape index (κ3) is 5.74. The molecule has 138 valence electrons. The van der Waals surface area contributed by atoms with Crippen molar-refractivity contribution in [3.05, 3.63) is 35.9 Å². The van der Waals surface area contributed by atoms with Crippen LogP contribution >= 0.6 is 0 Å². The Morgan fingerprint density at radius 1 is 1.16 bits per heavy atom. The average molecular weight is 348 g/mol. The molecule has 0 aromatic heterocycles. The Balaban J connectivity index is 1.87. The number of aliphatic carboxylic acids is 1. The monoisotopic (exact) mass is 348 g/mol. The second-order valence-electron chi connectivity index (χ2n) is 6.76. The summed E-state index contributed by atoms with van der Waals surface area (Å²) in [4.78, 5) is 23.3. The maximum absolute atomic E-state index is 12.3. The number of nitrogens with one attached hydrogen (secondary N) is 2. The van der Waals surface area contributed by atoms with Crippen LogP contribution in [-0.2, 0) is 4.79 Å². The molecule has 1 aliphatic rings. The van der Waals surface area contributed by atoms with E-state index in [9.17, 15) is 14.7 Å². The number of aliphatic hydroxyl groups is 1. The van der Waals surface area contributed by atoms with Crippen molar-refractivity contribution in [3.63, 3.8) is 0 Å². The lowest BCUT2D eigenvalue weighted by molar-refractivity contribution is -0.142. The molecule has 0 saturated heterocycles. The lowest BCUT2D eigenvalue weighted by atomic mass is 9.86. The van der Waals surface area contributed by atoms with Crippen molar-refractivity contribution < 1.29 is 19.8 Å². The number of carbonyl (C=O) groups excluding carboxylic acids is 1. The maximum atomic E-state index is 12.3. The molecule has 0 heterocycles. The molecule has 1 aromatic carbocycles. The van der Waals surface area contributed by atoms with E-state index in [1.165, 1.54) is 0 Å². The van der Waals surface area contributed by atoms with Crippen LogP contribution in [0.2, 0.25) is 0 Å². The predicted molar refractivity (Wildman–Crippen MR) is 95.1 cm³/mol. The van der Waals surface area contributed by atoms with Crippen molar-refractivity contribution in [1.29, 1.82) is 0 Å². The number of aliphatic hydroxyl groups excluding tert-OH is 1. The fourth-order valence-electron chi connectivity index (χ4n) is 3.38. The fraction of sp³-hybridized carbons (Fsp3) is 0.579. The smallest absolute Gasteiger partial charge is 0.315 e. The second kappa shape index (κ2) is 9.42. The largest absolute Gasteiger partial charge is 0.481 e. The summed E-state index contributed by atoms with van der Waals surface area (Å²) >= 11 is 0. The molecule has 2 atom stereocenters. The van der Waals surface area contributed by atoms with Gasteiger partial charge in [0.25, 0.3) is 0 Å². The molecule has 6 nitrogen and oxygen atoms in total. The first-order valence-corrected chi connectivity index (χ1v) is 9.04. The van der Waals surface area contributed by atoms with Crippen LogP contribution in [0.3, 0.4) is 0 Å². The summed E-state index contributed by atoms with van der Waals surface area (Å²) < 4.78 is 0. The van der Waals surface area contributed by atoms with Crippen molar-refractivity contribution in [2.45, 2.75) is 63.6 Å². The van der Waals surface area contributed by atoms with Crippen molar-refractivity contribution in [3.8, 4) is 0 Å². The Labute approximate surface area is 148 Å². The quantitative estimate of drug-likeness (QED) is 0.609. The summed E-state index contributed by atoms with van der Waals surface area (Å²) in [5.41, 5.74) is 0.781. The number of carbonyl (C=O) groups is 2. The van der Waals surface area contributed by atoms with Gasteiger partial charge in [-0.1, -0.05) is 43.7 Å². The molecule has 2 unspecified atom stereocenters. The molecule has 1 aliphatic carbocycles. The summed E-state index contributed by atoms with van der Waals surface area (Å²) in [6.07, 6.45) is 3.29. The normalized spacial score (nSPS) is 22.6. The standard InChI is InChI=1S/C19H28N2O4/c1-2-6-16(17(22)13-7-4-3-5-8-13)21-19(25)20-15-11-9-14(10-12-15)18(23)24/h3-5,7-8,14-17,22H,2,6,9-12H2,1H3,(H,23,24)(H2,20,21,25). The topological polar surface area (TPSA) is 98.7 Å². The first-order valence-electron chi connectivity index (χ1n) is 9.04. The fourth-order valence-corrected chi connectivity index (χ4v) is 3.38. The van der Waals surface area contributed by atoms with Gasteiger partial charge in [-0.15, -0.1) is 0 Å².